The molecule has 0 bridgehead atoms. The molecule has 0 fully saturated rings. The molecule has 0 unspecified atom stereocenters. The first-order valence-corrected chi connectivity index (χ1v) is 17.2. The minimum atomic E-state index is 0.897. The molecule has 0 atom stereocenters. The topological polar surface area (TPSA) is 41.9 Å². The summed E-state index contributed by atoms with van der Waals surface area (Å²) in [6.07, 6.45) is 3.76. The number of hydrogen-bond acceptors (Lipinski definition) is 4. The number of para-hydroxylation sites is 3. The molecule has 238 valence electrons. The molecule has 0 amide bonds. The van der Waals surface area contributed by atoms with Crippen LogP contribution >= 0.6 is 0 Å². The summed E-state index contributed by atoms with van der Waals surface area (Å²) in [7, 11) is 0. The molecule has 51 heavy (non-hydrogen) atoms. The maximum Gasteiger partial charge on any atom is 0.0970 e. The van der Waals surface area contributed by atoms with Crippen LogP contribution in [0.2, 0.25) is 0 Å². The molecule has 10 rings (SSSR count). The summed E-state index contributed by atoms with van der Waals surface area (Å²) in [6.45, 7) is 0. The van der Waals surface area contributed by atoms with E-state index in [2.05, 4.69) is 169 Å². The first kappa shape index (κ1) is 29.0. The van der Waals surface area contributed by atoms with Gasteiger partial charge in [-0.3, -0.25) is 9.97 Å². The Bertz CT molecular complexity index is 2850. The van der Waals surface area contributed by atoms with E-state index >= 15 is 0 Å². The number of pyridine rings is 3. The molecule has 0 aliphatic rings. The molecule has 0 aliphatic heterocycles. The third-order valence-corrected chi connectivity index (χ3v) is 9.89. The van der Waals surface area contributed by atoms with Gasteiger partial charge in [0.05, 0.1) is 22.2 Å². The number of benzene rings is 7. The van der Waals surface area contributed by atoms with E-state index in [0.717, 1.165) is 77.5 Å². The van der Waals surface area contributed by atoms with Crippen molar-refractivity contribution >= 4 is 71.3 Å². The first-order valence-electron chi connectivity index (χ1n) is 17.2. The van der Waals surface area contributed by atoms with Gasteiger partial charge in [-0.05, 0) is 82.6 Å². The van der Waals surface area contributed by atoms with Crippen LogP contribution in [0.15, 0.2) is 182 Å². The molecule has 3 heterocycles. The number of hydrogen-bond donors (Lipinski definition) is 0. The van der Waals surface area contributed by atoms with Gasteiger partial charge in [-0.25, -0.2) is 4.98 Å². The van der Waals surface area contributed by atoms with Gasteiger partial charge >= 0.3 is 0 Å². The summed E-state index contributed by atoms with van der Waals surface area (Å²) in [6, 6.07) is 60.0. The van der Waals surface area contributed by atoms with Crippen molar-refractivity contribution in [3.05, 3.63) is 182 Å². The summed E-state index contributed by atoms with van der Waals surface area (Å²) in [4.78, 5) is 17.3. The van der Waals surface area contributed by atoms with Gasteiger partial charge in [-0.1, -0.05) is 109 Å². The van der Waals surface area contributed by atoms with Crippen LogP contribution in [-0.4, -0.2) is 15.0 Å². The van der Waals surface area contributed by atoms with Crippen LogP contribution in [0.25, 0.3) is 76.6 Å². The minimum Gasteiger partial charge on any atom is -0.311 e. The lowest BCUT2D eigenvalue weighted by atomic mass is 9.88. The maximum atomic E-state index is 5.45. The fraction of sp³-hybridized carbons (Fsp3) is 0. The lowest BCUT2D eigenvalue weighted by Crippen LogP contribution is -2.09. The third-order valence-electron chi connectivity index (χ3n) is 9.89. The summed E-state index contributed by atoms with van der Waals surface area (Å²) in [5.41, 5.74) is 10.3. The molecule has 0 aliphatic carbocycles. The van der Waals surface area contributed by atoms with Crippen LogP contribution in [0.5, 0.6) is 0 Å². The van der Waals surface area contributed by atoms with Crippen LogP contribution in [0, 0.1) is 0 Å². The maximum absolute atomic E-state index is 5.45. The number of fused-ring (bicyclic) bond motifs is 8. The Balaban J connectivity index is 1.27. The van der Waals surface area contributed by atoms with Crippen molar-refractivity contribution in [1.82, 2.24) is 15.0 Å². The highest BCUT2D eigenvalue weighted by atomic mass is 15.1. The Morgan fingerprint density at radius 3 is 1.82 bits per heavy atom. The van der Waals surface area contributed by atoms with E-state index in [9.17, 15) is 0 Å². The summed E-state index contributed by atoms with van der Waals surface area (Å²) in [5, 5.41) is 7.99. The zero-order valence-corrected chi connectivity index (χ0v) is 27.6. The normalized spacial score (nSPS) is 11.5. The van der Waals surface area contributed by atoms with E-state index in [1.807, 2.05) is 18.5 Å². The molecule has 4 heteroatoms. The van der Waals surface area contributed by atoms with Gasteiger partial charge in [0.25, 0.3) is 0 Å². The largest absolute Gasteiger partial charge is 0.311 e. The third kappa shape index (κ3) is 4.80. The molecule has 7 aromatic carbocycles. The highest BCUT2D eigenvalue weighted by Gasteiger charge is 2.21. The van der Waals surface area contributed by atoms with E-state index in [1.54, 1.807) is 0 Å². The van der Waals surface area contributed by atoms with Gasteiger partial charge in [0.1, 0.15) is 0 Å². The molecule has 0 saturated carbocycles. The Kier molecular flexibility index (Phi) is 6.78. The van der Waals surface area contributed by atoms with Crippen LogP contribution < -0.4 is 4.90 Å². The molecule has 0 N–H and O–H groups in total. The fourth-order valence-electron chi connectivity index (χ4n) is 7.61. The zero-order chi connectivity index (χ0) is 33.7. The summed E-state index contributed by atoms with van der Waals surface area (Å²) >= 11 is 0. The number of aromatic nitrogens is 3. The molecular weight excluding hydrogens is 621 g/mol. The van der Waals surface area contributed by atoms with Crippen LogP contribution in [0.4, 0.5) is 17.1 Å². The van der Waals surface area contributed by atoms with Crippen molar-refractivity contribution in [2.75, 3.05) is 4.90 Å². The lowest BCUT2D eigenvalue weighted by molar-refractivity contribution is 1.28. The number of nitrogens with zero attached hydrogens (tertiary/aromatic N) is 4. The lowest BCUT2D eigenvalue weighted by Gasteiger charge is -2.25. The molecule has 0 spiro atoms. The summed E-state index contributed by atoms with van der Waals surface area (Å²) < 4.78 is 0. The van der Waals surface area contributed by atoms with Gasteiger partial charge < -0.3 is 4.90 Å². The Hall–Kier alpha value is -6.91. The predicted molar refractivity (Wildman–Crippen MR) is 213 cm³/mol. The second kappa shape index (κ2) is 11.9. The molecular formula is C47H30N4. The first-order chi connectivity index (χ1) is 25.3. The molecule has 3 aromatic heterocycles. The Labute approximate surface area is 294 Å². The Morgan fingerprint density at radius 2 is 1.04 bits per heavy atom. The van der Waals surface area contributed by atoms with E-state index in [1.165, 1.54) is 16.2 Å². The molecule has 0 radical (unpaired) electrons. The van der Waals surface area contributed by atoms with Crippen molar-refractivity contribution in [2.24, 2.45) is 0 Å². The van der Waals surface area contributed by atoms with Crippen molar-refractivity contribution in [3.63, 3.8) is 0 Å². The predicted octanol–water partition coefficient (Wildman–Crippen LogP) is 12.4. The van der Waals surface area contributed by atoms with E-state index in [-0.39, 0.29) is 0 Å². The monoisotopic (exact) mass is 650 g/mol. The average Bonchev–Trinajstić information content (AvgIpc) is 3.21. The second-order valence-electron chi connectivity index (χ2n) is 12.8. The molecule has 10 aromatic rings. The van der Waals surface area contributed by atoms with Crippen LogP contribution in [-0.2, 0) is 0 Å². The van der Waals surface area contributed by atoms with Gasteiger partial charge in [0.2, 0.25) is 0 Å². The van der Waals surface area contributed by atoms with Crippen molar-refractivity contribution in [1.29, 1.82) is 0 Å². The van der Waals surface area contributed by atoms with E-state index in [4.69, 9.17) is 15.0 Å². The smallest absolute Gasteiger partial charge is 0.0970 e. The standard InChI is InChI=1S/C47H30N4/c1-3-14-34(15-4-1)51(35-16-5-2-6-17-35)36-24-21-32(22-25-36)45-44-41(38-27-29-49-47-39(38)26-23-31-13-11-28-48-46(31)47)30-33-12-7-8-18-37(33)43(44)40-19-9-10-20-42(40)50-45/h1-30H. The van der Waals surface area contributed by atoms with Crippen LogP contribution in [0.1, 0.15) is 0 Å². The van der Waals surface area contributed by atoms with Crippen molar-refractivity contribution in [3.8, 4) is 22.4 Å². The second-order valence-corrected chi connectivity index (χ2v) is 12.8. The van der Waals surface area contributed by atoms with Crippen molar-refractivity contribution in [2.45, 2.75) is 0 Å². The number of rotatable bonds is 5. The van der Waals surface area contributed by atoms with E-state index < -0.39 is 0 Å². The highest BCUT2D eigenvalue weighted by Crippen LogP contribution is 2.45. The SMILES string of the molecule is c1ccc(N(c2ccccc2)c2ccc(-c3nc4ccccc4c4c3c(-c3ccnc5c3ccc3cccnc35)cc3ccccc34)cc2)cc1. The Morgan fingerprint density at radius 1 is 0.392 bits per heavy atom. The fourth-order valence-corrected chi connectivity index (χ4v) is 7.61. The van der Waals surface area contributed by atoms with Crippen molar-refractivity contribution < 1.29 is 0 Å². The highest BCUT2D eigenvalue weighted by molar-refractivity contribution is 6.27. The van der Waals surface area contributed by atoms with E-state index in [0.29, 0.717) is 0 Å². The minimum absolute atomic E-state index is 0.897. The van der Waals surface area contributed by atoms with Gasteiger partial charge in [0.15, 0.2) is 0 Å². The van der Waals surface area contributed by atoms with Gasteiger partial charge in [-0.15, -0.1) is 0 Å². The van der Waals surface area contributed by atoms with Gasteiger partial charge in [0, 0.05) is 62.0 Å². The molecule has 4 nitrogen and oxygen atoms in total. The van der Waals surface area contributed by atoms with Gasteiger partial charge in [-0.2, -0.15) is 0 Å². The zero-order valence-electron chi connectivity index (χ0n) is 27.6. The number of anilines is 3. The quantitative estimate of drug-likeness (QED) is 0.174. The molecule has 0 saturated heterocycles. The summed E-state index contributed by atoms with van der Waals surface area (Å²) in [5.74, 6) is 0. The van der Waals surface area contributed by atoms with Crippen LogP contribution in [0.3, 0.4) is 0 Å². The average molecular weight is 651 g/mol.